The molecule has 0 saturated carbocycles. The Balaban J connectivity index is 1.65. The number of rotatable bonds is 5. The number of carbonyl (C=O) groups is 2. The second-order valence-corrected chi connectivity index (χ2v) is 9.35. The fraction of sp³-hybridized carbons (Fsp3) is 0.107. The largest absolute Gasteiger partial charge is 0.508 e. The van der Waals surface area contributed by atoms with Crippen LogP contribution in [0.2, 0.25) is 0 Å². The van der Waals surface area contributed by atoms with Crippen molar-refractivity contribution < 1.29 is 19.8 Å². The number of aliphatic hydroxyl groups excluding tert-OH is 1. The average Bonchev–Trinajstić information content (AvgIpc) is 3.38. The molecule has 1 unspecified atom stereocenters. The maximum Gasteiger partial charge on any atom is 0.294 e. The normalized spacial score (nSPS) is 15.7. The van der Waals surface area contributed by atoms with E-state index in [-0.39, 0.29) is 11.3 Å². The quantitative estimate of drug-likeness (QED) is 0.345. The van der Waals surface area contributed by atoms with Crippen molar-refractivity contribution in [1.29, 1.82) is 0 Å². The lowest BCUT2D eigenvalue weighted by molar-refractivity contribution is -0.117. The lowest BCUT2D eigenvalue weighted by Gasteiger charge is -2.28. The number of thiazole rings is 1. The highest BCUT2D eigenvalue weighted by molar-refractivity contribution is 7.17. The number of phenolic OH excluding ortho intramolecular Hbond substituents is 1. The van der Waals surface area contributed by atoms with Crippen molar-refractivity contribution in [3.05, 3.63) is 112 Å². The molecule has 3 aromatic carbocycles. The average molecular weight is 483 g/mol. The van der Waals surface area contributed by atoms with E-state index in [1.54, 1.807) is 31.2 Å². The summed E-state index contributed by atoms with van der Waals surface area (Å²) in [6.45, 7) is 3.62. The first kappa shape index (κ1) is 22.6. The third kappa shape index (κ3) is 3.90. The molecule has 0 aliphatic carbocycles. The van der Waals surface area contributed by atoms with E-state index in [4.69, 9.17) is 0 Å². The van der Waals surface area contributed by atoms with Crippen molar-refractivity contribution in [2.24, 2.45) is 0 Å². The summed E-state index contributed by atoms with van der Waals surface area (Å²) in [4.78, 5) is 33.7. The summed E-state index contributed by atoms with van der Waals surface area (Å²) in [5.41, 5.74) is 3.43. The zero-order valence-electron chi connectivity index (χ0n) is 19.1. The molecule has 2 heterocycles. The number of hydrogen-bond donors (Lipinski definition) is 2. The predicted octanol–water partition coefficient (Wildman–Crippen LogP) is 5.92. The van der Waals surface area contributed by atoms with Crippen molar-refractivity contribution in [3.8, 4) is 16.3 Å². The lowest BCUT2D eigenvalue weighted by Crippen LogP contribution is -2.31. The summed E-state index contributed by atoms with van der Waals surface area (Å²) in [6, 6.07) is 22.3. The van der Waals surface area contributed by atoms with Crippen LogP contribution in [0.15, 0.2) is 90.2 Å². The van der Waals surface area contributed by atoms with Gasteiger partial charge < -0.3 is 10.2 Å². The number of amides is 1. The summed E-state index contributed by atoms with van der Waals surface area (Å²) in [7, 11) is 0. The fourth-order valence-corrected chi connectivity index (χ4v) is 5.35. The van der Waals surface area contributed by atoms with E-state index in [1.807, 2.05) is 49.4 Å². The van der Waals surface area contributed by atoms with Crippen molar-refractivity contribution in [2.75, 3.05) is 4.90 Å². The van der Waals surface area contributed by atoms with Crippen LogP contribution in [-0.2, 0) is 4.79 Å². The topological polar surface area (TPSA) is 90.7 Å². The molecule has 0 spiro atoms. The molecular formula is C28H22N2O4S. The second kappa shape index (κ2) is 8.85. The van der Waals surface area contributed by atoms with Crippen LogP contribution < -0.4 is 4.90 Å². The predicted molar refractivity (Wildman–Crippen MR) is 136 cm³/mol. The van der Waals surface area contributed by atoms with E-state index in [0.29, 0.717) is 26.8 Å². The van der Waals surface area contributed by atoms with E-state index in [9.17, 15) is 19.8 Å². The number of aryl methyl sites for hydroxylation is 2. The molecule has 1 aliphatic rings. The van der Waals surface area contributed by atoms with Gasteiger partial charge in [-0.05, 0) is 43.2 Å². The molecule has 0 fully saturated rings. The van der Waals surface area contributed by atoms with Gasteiger partial charge in [-0.1, -0.05) is 60.7 Å². The van der Waals surface area contributed by atoms with E-state index in [0.717, 1.165) is 11.1 Å². The van der Waals surface area contributed by atoms with E-state index in [1.165, 1.54) is 28.4 Å². The summed E-state index contributed by atoms with van der Waals surface area (Å²) in [5.74, 6) is -1.61. The number of aromatic hydroxyl groups is 1. The number of aliphatic hydroxyl groups is 1. The number of hydrogen-bond acceptors (Lipinski definition) is 6. The molecule has 35 heavy (non-hydrogen) atoms. The van der Waals surface area contributed by atoms with Crippen LogP contribution in [0.25, 0.3) is 10.6 Å². The van der Waals surface area contributed by atoms with Gasteiger partial charge in [0.25, 0.3) is 5.91 Å². The first-order valence-electron chi connectivity index (χ1n) is 11.1. The Morgan fingerprint density at radius 3 is 2.26 bits per heavy atom. The number of benzene rings is 3. The first-order valence-corrected chi connectivity index (χ1v) is 11.9. The van der Waals surface area contributed by atoms with Crippen LogP contribution >= 0.6 is 11.3 Å². The molecule has 0 saturated heterocycles. The molecule has 1 amide bonds. The third-order valence-electron chi connectivity index (χ3n) is 6.06. The number of nitrogens with zero attached hydrogens (tertiary/aromatic N) is 2. The Hall–Kier alpha value is -4.23. The number of aromatic nitrogens is 1. The Morgan fingerprint density at radius 2 is 1.57 bits per heavy atom. The molecule has 174 valence electrons. The summed E-state index contributed by atoms with van der Waals surface area (Å²) in [6.07, 6.45) is 0. The van der Waals surface area contributed by atoms with Gasteiger partial charge in [-0.25, -0.2) is 4.98 Å². The maximum atomic E-state index is 13.9. The fourth-order valence-electron chi connectivity index (χ4n) is 4.33. The molecule has 1 aromatic heterocycles. The van der Waals surface area contributed by atoms with Crippen LogP contribution in [0.1, 0.15) is 32.5 Å². The van der Waals surface area contributed by atoms with Gasteiger partial charge in [0.05, 0.1) is 22.2 Å². The van der Waals surface area contributed by atoms with Crippen LogP contribution in [-0.4, -0.2) is 26.9 Å². The minimum atomic E-state index is -0.863. The number of phenols is 1. The van der Waals surface area contributed by atoms with Gasteiger partial charge in [-0.2, -0.15) is 0 Å². The van der Waals surface area contributed by atoms with Gasteiger partial charge in [0, 0.05) is 11.3 Å². The summed E-state index contributed by atoms with van der Waals surface area (Å²) in [5, 5.41) is 21.5. The smallest absolute Gasteiger partial charge is 0.294 e. The molecule has 1 aliphatic heterocycles. The molecule has 0 bridgehead atoms. The van der Waals surface area contributed by atoms with Gasteiger partial charge in [0.15, 0.2) is 5.76 Å². The molecule has 0 radical (unpaired) electrons. The lowest BCUT2D eigenvalue weighted by atomic mass is 9.94. The monoisotopic (exact) mass is 482 g/mol. The minimum absolute atomic E-state index is 0.00435. The van der Waals surface area contributed by atoms with E-state index < -0.39 is 23.5 Å². The van der Waals surface area contributed by atoms with E-state index >= 15 is 0 Å². The number of ketones is 1. The third-order valence-corrected chi connectivity index (χ3v) is 7.27. The zero-order valence-corrected chi connectivity index (χ0v) is 19.9. The van der Waals surface area contributed by atoms with Gasteiger partial charge in [0.1, 0.15) is 10.8 Å². The molecule has 5 rings (SSSR count). The molecule has 1 atom stereocenters. The Morgan fingerprint density at radius 1 is 0.914 bits per heavy atom. The SMILES string of the molecule is Cc1ccccc1N1C(=O)C(O)=C(C(=O)c2sc(-c3ccccc3)nc2C)C1c1ccc(O)cc1. The molecule has 4 aromatic rings. The Kier molecular flexibility index (Phi) is 5.70. The molecule has 7 heteroatoms. The van der Waals surface area contributed by atoms with Crippen molar-refractivity contribution in [2.45, 2.75) is 19.9 Å². The maximum absolute atomic E-state index is 13.9. The van der Waals surface area contributed by atoms with Crippen LogP contribution in [0.5, 0.6) is 5.75 Å². The van der Waals surface area contributed by atoms with Crippen molar-refractivity contribution in [1.82, 2.24) is 4.98 Å². The van der Waals surface area contributed by atoms with Crippen LogP contribution in [0.3, 0.4) is 0 Å². The molecule has 6 nitrogen and oxygen atoms in total. The Labute approximate surface area is 206 Å². The summed E-state index contributed by atoms with van der Waals surface area (Å²) < 4.78 is 0. The highest BCUT2D eigenvalue weighted by Crippen LogP contribution is 2.44. The zero-order chi connectivity index (χ0) is 24.7. The first-order chi connectivity index (χ1) is 16.9. The second-order valence-electron chi connectivity index (χ2n) is 8.35. The molecule has 2 N–H and O–H groups in total. The van der Waals surface area contributed by atoms with Gasteiger partial charge >= 0.3 is 0 Å². The van der Waals surface area contributed by atoms with Crippen LogP contribution in [0, 0.1) is 13.8 Å². The Bertz CT molecular complexity index is 1470. The number of para-hydroxylation sites is 1. The highest BCUT2D eigenvalue weighted by Gasteiger charge is 2.45. The van der Waals surface area contributed by atoms with Gasteiger partial charge in [-0.3, -0.25) is 14.5 Å². The van der Waals surface area contributed by atoms with E-state index in [2.05, 4.69) is 4.98 Å². The number of anilines is 1. The van der Waals surface area contributed by atoms with Crippen molar-refractivity contribution in [3.63, 3.8) is 0 Å². The van der Waals surface area contributed by atoms with Crippen LogP contribution in [0.4, 0.5) is 5.69 Å². The van der Waals surface area contributed by atoms with Gasteiger partial charge in [0.2, 0.25) is 5.78 Å². The minimum Gasteiger partial charge on any atom is -0.508 e. The summed E-state index contributed by atoms with van der Waals surface area (Å²) >= 11 is 1.23. The number of carbonyl (C=O) groups excluding carboxylic acids is 2. The molecular weight excluding hydrogens is 460 g/mol. The number of Topliss-reactive ketones (excluding diaryl/α,β-unsaturated/α-hetero) is 1. The van der Waals surface area contributed by atoms with Crippen molar-refractivity contribution >= 4 is 28.7 Å². The highest BCUT2D eigenvalue weighted by atomic mass is 32.1. The van der Waals surface area contributed by atoms with Gasteiger partial charge in [-0.15, -0.1) is 11.3 Å². The standard InChI is InChI=1S/C28H22N2O4S/c1-16-8-6-7-11-21(16)30-23(18-12-14-20(31)15-13-18)22(25(33)28(30)34)24(32)26-17(2)29-27(35-26)19-9-4-3-5-10-19/h3-15,23,31,33H,1-2H3.